The molecular weight excluding hydrogens is 372 g/mol. The summed E-state index contributed by atoms with van der Waals surface area (Å²) in [5.74, 6) is 0.542. The summed E-state index contributed by atoms with van der Waals surface area (Å²) in [5.41, 5.74) is 3.51. The molecule has 0 radical (unpaired) electrons. The minimum atomic E-state index is -0.541. The lowest BCUT2D eigenvalue weighted by Gasteiger charge is -2.28. The zero-order valence-electron chi connectivity index (χ0n) is 16.3. The van der Waals surface area contributed by atoms with Crippen molar-refractivity contribution >= 4 is 5.97 Å². The summed E-state index contributed by atoms with van der Waals surface area (Å²) in [6.45, 7) is 0. The van der Waals surface area contributed by atoms with Gasteiger partial charge in [-0.3, -0.25) is 4.79 Å². The Morgan fingerprint density at radius 1 is 0.633 bits per heavy atom. The van der Waals surface area contributed by atoms with Crippen LogP contribution in [-0.4, -0.2) is 5.97 Å². The highest BCUT2D eigenvalue weighted by atomic mass is 16.5. The van der Waals surface area contributed by atoms with Gasteiger partial charge in [0.15, 0.2) is 6.10 Å². The highest BCUT2D eigenvalue weighted by Gasteiger charge is 2.35. The molecule has 5 rings (SSSR count). The number of esters is 1. The van der Waals surface area contributed by atoms with Crippen molar-refractivity contribution in [2.75, 3.05) is 0 Å². The summed E-state index contributed by atoms with van der Waals surface area (Å²) < 4.78 is 12.2. The molecule has 0 fully saturated rings. The fourth-order valence-electron chi connectivity index (χ4n) is 3.93. The second-order valence-corrected chi connectivity index (χ2v) is 7.25. The zero-order chi connectivity index (χ0) is 20.3. The van der Waals surface area contributed by atoms with Gasteiger partial charge in [-0.25, -0.2) is 0 Å². The van der Waals surface area contributed by atoms with Crippen molar-refractivity contribution < 1.29 is 14.3 Å². The molecule has 0 bridgehead atoms. The van der Waals surface area contributed by atoms with E-state index in [1.165, 1.54) is 0 Å². The standard InChI is InChI=1S/C27H20O3/c28-27(30-26(19-11-3-1-4-12-19)20-13-5-2-6-14-20)25-21-15-7-9-17-23(21)29-24-18-10-8-16-22(24)25/h1-18,25-26H. The van der Waals surface area contributed by atoms with E-state index in [1.54, 1.807) is 0 Å². The summed E-state index contributed by atoms with van der Waals surface area (Å²) in [7, 11) is 0. The van der Waals surface area contributed by atoms with E-state index in [0.29, 0.717) is 11.5 Å². The average molecular weight is 392 g/mol. The first-order valence-corrected chi connectivity index (χ1v) is 9.97. The van der Waals surface area contributed by atoms with Crippen molar-refractivity contribution in [3.63, 3.8) is 0 Å². The summed E-state index contributed by atoms with van der Waals surface area (Å²) >= 11 is 0. The van der Waals surface area contributed by atoms with Crippen LogP contribution in [0.25, 0.3) is 0 Å². The van der Waals surface area contributed by atoms with Gasteiger partial charge in [0.2, 0.25) is 0 Å². The Kier molecular flexibility index (Phi) is 4.78. The van der Waals surface area contributed by atoms with Crippen LogP contribution in [0.1, 0.15) is 34.3 Å². The summed E-state index contributed by atoms with van der Waals surface area (Å²) in [6, 6.07) is 35.0. The molecule has 0 atom stereocenters. The zero-order valence-corrected chi connectivity index (χ0v) is 16.3. The number of para-hydroxylation sites is 2. The lowest BCUT2D eigenvalue weighted by atomic mass is 9.88. The third kappa shape index (κ3) is 3.35. The summed E-state index contributed by atoms with van der Waals surface area (Å²) in [5, 5.41) is 0. The maximum atomic E-state index is 13.6. The van der Waals surface area contributed by atoms with Gasteiger partial charge in [0.05, 0.1) is 0 Å². The number of fused-ring (bicyclic) bond motifs is 2. The first-order chi connectivity index (χ1) is 14.8. The van der Waals surface area contributed by atoms with Crippen LogP contribution in [0.5, 0.6) is 11.5 Å². The number of benzene rings is 4. The molecule has 0 amide bonds. The molecule has 0 spiro atoms. The predicted octanol–water partition coefficient (Wildman–Crippen LogP) is 6.26. The van der Waals surface area contributed by atoms with Crippen LogP contribution in [0.3, 0.4) is 0 Å². The third-order valence-corrected chi connectivity index (χ3v) is 5.35. The molecule has 1 aliphatic heterocycles. The Morgan fingerprint density at radius 3 is 1.57 bits per heavy atom. The molecule has 3 heteroatoms. The van der Waals surface area contributed by atoms with Crippen LogP contribution < -0.4 is 4.74 Å². The Bertz CT molecular complexity index is 1080. The van der Waals surface area contributed by atoms with E-state index in [2.05, 4.69) is 0 Å². The molecule has 1 aliphatic rings. The van der Waals surface area contributed by atoms with E-state index in [-0.39, 0.29) is 5.97 Å². The molecule has 0 unspecified atom stereocenters. The van der Waals surface area contributed by atoms with Crippen LogP contribution in [0.2, 0.25) is 0 Å². The van der Waals surface area contributed by atoms with Gasteiger partial charge in [-0.1, -0.05) is 97.1 Å². The van der Waals surface area contributed by atoms with Crippen molar-refractivity contribution in [1.29, 1.82) is 0 Å². The van der Waals surface area contributed by atoms with Crippen molar-refractivity contribution in [3.05, 3.63) is 131 Å². The molecule has 0 aromatic heterocycles. The van der Waals surface area contributed by atoms with Crippen LogP contribution in [0.15, 0.2) is 109 Å². The molecule has 0 saturated heterocycles. The maximum absolute atomic E-state index is 13.6. The fraction of sp³-hybridized carbons (Fsp3) is 0.0741. The largest absolute Gasteiger partial charge is 0.457 e. The average Bonchev–Trinajstić information content (AvgIpc) is 2.82. The van der Waals surface area contributed by atoms with Crippen molar-refractivity contribution in [2.24, 2.45) is 0 Å². The highest BCUT2D eigenvalue weighted by molar-refractivity contribution is 5.85. The number of hydrogen-bond donors (Lipinski definition) is 0. The molecular formula is C27H20O3. The van der Waals surface area contributed by atoms with E-state index in [1.807, 2.05) is 109 Å². The third-order valence-electron chi connectivity index (χ3n) is 5.35. The van der Waals surface area contributed by atoms with Gasteiger partial charge in [-0.2, -0.15) is 0 Å². The topological polar surface area (TPSA) is 35.5 Å². The van der Waals surface area contributed by atoms with Crippen LogP contribution in [0, 0.1) is 0 Å². The van der Waals surface area contributed by atoms with E-state index in [4.69, 9.17) is 9.47 Å². The molecule has 4 aromatic rings. The fourth-order valence-corrected chi connectivity index (χ4v) is 3.93. The molecule has 30 heavy (non-hydrogen) atoms. The molecule has 0 saturated carbocycles. The summed E-state index contributed by atoms with van der Waals surface area (Å²) in [6.07, 6.45) is -0.484. The molecule has 3 nitrogen and oxygen atoms in total. The number of hydrogen-bond acceptors (Lipinski definition) is 3. The molecule has 4 aromatic carbocycles. The Hall–Kier alpha value is -3.85. The van der Waals surface area contributed by atoms with Gasteiger partial charge in [-0.15, -0.1) is 0 Å². The quantitative estimate of drug-likeness (QED) is 0.385. The SMILES string of the molecule is O=C(OC(c1ccccc1)c1ccccc1)C1c2ccccc2Oc2ccccc21. The van der Waals surface area contributed by atoms with Gasteiger partial charge in [0, 0.05) is 11.1 Å². The molecule has 146 valence electrons. The maximum Gasteiger partial charge on any atom is 0.319 e. The Balaban J connectivity index is 1.56. The van der Waals surface area contributed by atoms with Gasteiger partial charge in [0.25, 0.3) is 0 Å². The first kappa shape index (κ1) is 18.2. The molecule has 0 N–H and O–H groups in total. The van der Waals surface area contributed by atoms with Crippen LogP contribution >= 0.6 is 0 Å². The minimum absolute atomic E-state index is 0.295. The van der Waals surface area contributed by atoms with Crippen molar-refractivity contribution in [1.82, 2.24) is 0 Å². The van der Waals surface area contributed by atoms with Gasteiger partial charge in [0.1, 0.15) is 17.4 Å². The normalized spacial score (nSPS) is 12.6. The van der Waals surface area contributed by atoms with E-state index in [0.717, 1.165) is 22.3 Å². The predicted molar refractivity (Wildman–Crippen MR) is 116 cm³/mol. The molecule has 0 aliphatic carbocycles. The van der Waals surface area contributed by atoms with Crippen LogP contribution in [0.4, 0.5) is 0 Å². The van der Waals surface area contributed by atoms with Gasteiger partial charge >= 0.3 is 5.97 Å². The molecule has 1 heterocycles. The van der Waals surface area contributed by atoms with E-state index >= 15 is 0 Å². The van der Waals surface area contributed by atoms with Crippen LogP contribution in [-0.2, 0) is 9.53 Å². The van der Waals surface area contributed by atoms with E-state index in [9.17, 15) is 4.79 Å². The number of rotatable bonds is 4. The first-order valence-electron chi connectivity index (χ1n) is 9.97. The lowest BCUT2D eigenvalue weighted by Crippen LogP contribution is -2.23. The minimum Gasteiger partial charge on any atom is -0.457 e. The van der Waals surface area contributed by atoms with E-state index < -0.39 is 12.0 Å². The highest BCUT2D eigenvalue weighted by Crippen LogP contribution is 2.45. The summed E-state index contributed by atoms with van der Waals surface area (Å²) in [4.78, 5) is 13.6. The second-order valence-electron chi connectivity index (χ2n) is 7.25. The number of carbonyl (C=O) groups excluding carboxylic acids is 1. The monoisotopic (exact) mass is 392 g/mol. The smallest absolute Gasteiger partial charge is 0.319 e. The Labute approximate surface area is 175 Å². The number of carbonyl (C=O) groups is 1. The van der Waals surface area contributed by atoms with Crippen molar-refractivity contribution in [3.8, 4) is 11.5 Å². The number of ether oxygens (including phenoxy) is 2. The van der Waals surface area contributed by atoms with Gasteiger partial charge < -0.3 is 9.47 Å². The van der Waals surface area contributed by atoms with Gasteiger partial charge in [-0.05, 0) is 23.3 Å². The Morgan fingerprint density at radius 2 is 1.07 bits per heavy atom. The lowest BCUT2D eigenvalue weighted by molar-refractivity contribution is -0.148. The van der Waals surface area contributed by atoms with Crippen molar-refractivity contribution in [2.45, 2.75) is 12.0 Å². The second kappa shape index (κ2) is 7.88.